The highest BCUT2D eigenvalue weighted by atomic mass is 31.2. The number of rotatable bonds is 0. The lowest BCUT2D eigenvalue weighted by atomic mass is 9.83. The summed E-state index contributed by atoms with van der Waals surface area (Å²) in [7, 11) is -8.08. The Morgan fingerprint density at radius 3 is 0.625 bits per heavy atom. The molecule has 0 aromatic heterocycles. The van der Waals surface area contributed by atoms with Crippen LogP contribution in [0.15, 0.2) is 0 Å². The highest BCUT2D eigenvalue weighted by molar-refractivity contribution is 7.96. The van der Waals surface area contributed by atoms with Crippen LogP contribution in [0.1, 0.15) is 0 Å². The van der Waals surface area contributed by atoms with Gasteiger partial charge in [0.1, 0.15) is 0 Å². The van der Waals surface area contributed by atoms with E-state index in [9.17, 15) is 39.8 Å². The van der Waals surface area contributed by atoms with Gasteiger partial charge in [0.25, 0.3) is 0 Å². The second-order valence-corrected chi connectivity index (χ2v) is 11.6. The molecule has 0 unspecified atom stereocenters. The Balaban J connectivity index is 1.96. The summed E-state index contributed by atoms with van der Waals surface area (Å²) >= 11 is 0. The molecule has 88 valence electrons. The first-order valence-corrected chi connectivity index (χ1v) is 7.96. The van der Waals surface area contributed by atoms with Crippen molar-refractivity contribution >= 4 is 14.3 Å². The lowest BCUT2D eigenvalue weighted by Crippen LogP contribution is -2.74. The molecular weight excluding hydrogens is 262 g/mol. The van der Waals surface area contributed by atoms with Crippen molar-refractivity contribution in [2.75, 3.05) is 0 Å². The van der Waals surface area contributed by atoms with Gasteiger partial charge in [-0.25, -0.2) is 0 Å². The molecule has 16 heavy (non-hydrogen) atoms. The van der Waals surface area contributed by atoms with Crippen LogP contribution in [-0.4, -0.2) is 62.7 Å². The van der Waals surface area contributed by atoms with E-state index in [1.165, 1.54) is 0 Å². The maximum absolute atomic E-state index is 12.0. The fraction of sp³-hybridized carbons (Fsp3) is 1.00. The van der Waals surface area contributed by atoms with Crippen molar-refractivity contribution in [1.82, 2.24) is 0 Å². The Kier molecular flexibility index (Phi) is 0.760. The predicted molar refractivity (Wildman–Crippen MR) is 44.9 cm³/mol. The number of hydrogen-bond donors (Lipinski definition) is 6. The molecule has 1 saturated carbocycles. The Labute approximate surface area is 86.9 Å². The molecule has 6 N–H and O–H groups in total. The van der Waals surface area contributed by atoms with Gasteiger partial charge in [-0.1, -0.05) is 0 Å². The van der Waals surface area contributed by atoms with E-state index >= 15 is 0 Å². The quantitative estimate of drug-likeness (QED) is 0.252. The van der Waals surface area contributed by atoms with E-state index in [-0.39, 0.29) is 0 Å². The van der Waals surface area contributed by atoms with E-state index in [0.717, 1.165) is 0 Å². The number of aliphatic hydroxyl groups is 6. The molecular formula is C6H6O8P2. The standard InChI is InChI=1S/C6H6O8P2/c7-1-2(8)6(12)4(10,16(2,6)14)3(9)5(1,11)15(1,3)13/h7-12H/t1-,2-,3-,4+,5?,6?,15?,16?/m0/s1. The minimum atomic E-state index is -4.04. The highest BCUT2D eigenvalue weighted by Crippen LogP contribution is 3.36. The fourth-order valence-electron chi connectivity index (χ4n) is 4.47. The van der Waals surface area contributed by atoms with Gasteiger partial charge in [0, 0.05) is 0 Å². The summed E-state index contributed by atoms with van der Waals surface area (Å²) < 4.78 is 23.9. The lowest BCUT2D eigenvalue weighted by molar-refractivity contribution is -0.253. The average Bonchev–Trinajstić information content (AvgIpc) is 3.06. The molecule has 8 nitrogen and oxygen atoms in total. The van der Waals surface area contributed by atoms with Crippen molar-refractivity contribution in [3.63, 3.8) is 0 Å². The van der Waals surface area contributed by atoms with Crippen molar-refractivity contribution < 1.29 is 39.8 Å². The summed E-state index contributed by atoms with van der Waals surface area (Å²) in [6, 6.07) is 0. The molecule has 10 heteroatoms. The van der Waals surface area contributed by atoms with Gasteiger partial charge in [0.05, 0.1) is 0 Å². The molecule has 1 aliphatic carbocycles. The largest absolute Gasteiger partial charge is 0.375 e. The smallest absolute Gasteiger partial charge is 0.202 e. The third kappa shape index (κ3) is 0.247. The molecule has 7 heterocycles. The van der Waals surface area contributed by atoms with Crippen LogP contribution in [-0.2, 0) is 9.13 Å². The minimum absolute atomic E-state index is 2.51. The molecule has 0 aromatic rings. The number of hydrogen-bond acceptors (Lipinski definition) is 8. The molecule has 0 amide bonds. The molecule has 8 fully saturated rings. The molecule has 8 rings (SSSR count). The van der Waals surface area contributed by atoms with Gasteiger partial charge in [-0.2, -0.15) is 0 Å². The second kappa shape index (κ2) is 1.32. The summed E-state index contributed by atoms with van der Waals surface area (Å²) in [6.45, 7) is 0. The Morgan fingerprint density at radius 2 is 0.562 bits per heavy atom. The van der Waals surface area contributed by atoms with Gasteiger partial charge in [0.15, 0.2) is 14.3 Å². The van der Waals surface area contributed by atoms with Crippen LogP contribution < -0.4 is 0 Å². The van der Waals surface area contributed by atoms with Crippen molar-refractivity contribution in [2.24, 2.45) is 0 Å². The van der Waals surface area contributed by atoms with Crippen LogP contribution in [0.5, 0.6) is 0 Å². The zero-order chi connectivity index (χ0) is 12.0. The fourth-order valence-corrected chi connectivity index (χ4v) is 15.5. The third-order valence-electron chi connectivity index (χ3n) is 5.45. The van der Waals surface area contributed by atoms with E-state index < -0.39 is 46.3 Å². The summed E-state index contributed by atoms with van der Waals surface area (Å²) in [5.41, 5.74) is 0. The van der Waals surface area contributed by atoms with E-state index in [1.807, 2.05) is 0 Å². The van der Waals surface area contributed by atoms with Gasteiger partial charge in [-0.15, -0.1) is 0 Å². The van der Waals surface area contributed by atoms with Gasteiger partial charge in [0.2, 0.25) is 32.1 Å². The molecule has 0 spiro atoms. The average molecular weight is 268 g/mol. The maximum atomic E-state index is 12.0. The zero-order valence-electron chi connectivity index (χ0n) is 7.39. The normalized spacial score (nSPS) is 97.4. The van der Waals surface area contributed by atoms with E-state index in [1.54, 1.807) is 0 Å². The third-order valence-corrected chi connectivity index (χ3v) is 14.3. The van der Waals surface area contributed by atoms with Crippen molar-refractivity contribution in [3.8, 4) is 0 Å². The molecule has 7 saturated heterocycles. The van der Waals surface area contributed by atoms with Gasteiger partial charge in [-0.05, 0) is 0 Å². The van der Waals surface area contributed by atoms with Gasteiger partial charge < -0.3 is 39.8 Å². The molecule has 4 bridgehead atoms. The molecule has 0 aromatic carbocycles. The minimum Gasteiger partial charge on any atom is -0.375 e. The second-order valence-electron chi connectivity index (χ2n) is 5.25. The van der Waals surface area contributed by atoms with Crippen LogP contribution in [0.25, 0.3) is 0 Å². The van der Waals surface area contributed by atoms with Gasteiger partial charge >= 0.3 is 0 Å². The molecule has 7 aliphatic heterocycles. The van der Waals surface area contributed by atoms with E-state index in [4.69, 9.17) is 0 Å². The highest BCUT2D eigenvalue weighted by Gasteiger charge is 3.44. The maximum Gasteiger partial charge on any atom is 0.202 e. The molecule has 0 radical (unpaired) electrons. The van der Waals surface area contributed by atoms with Crippen LogP contribution in [0.3, 0.4) is 0 Å². The van der Waals surface area contributed by atoms with Crippen LogP contribution in [0, 0.1) is 0 Å². The SMILES string of the molecule is O=P12C3(O)[C@]1(O)[C@@]1(O)C4(O)[C@@](O)([C@@]32O)P41=O. The van der Waals surface area contributed by atoms with Crippen LogP contribution in [0.4, 0.5) is 0 Å². The Hall–Kier alpha value is 0.220. The zero-order valence-corrected chi connectivity index (χ0v) is 9.18. The predicted octanol–water partition coefficient (Wildman–Crippen LogP) is -3.09. The lowest BCUT2D eigenvalue weighted by Gasteiger charge is -2.48. The Morgan fingerprint density at radius 1 is 0.500 bits per heavy atom. The molecule has 0 atom stereocenters. The Bertz CT molecular complexity index is 561. The van der Waals surface area contributed by atoms with E-state index in [0.29, 0.717) is 0 Å². The van der Waals surface area contributed by atoms with Crippen molar-refractivity contribution in [2.45, 2.75) is 32.1 Å². The van der Waals surface area contributed by atoms with Crippen molar-refractivity contribution in [3.05, 3.63) is 0 Å². The monoisotopic (exact) mass is 268 g/mol. The summed E-state index contributed by atoms with van der Waals surface area (Å²) in [5.74, 6) is 0. The van der Waals surface area contributed by atoms with Crippen molar-refractivity contribution in [1.29, 1.82) is 0 Å². The van der Waals surface area contributed by atoms with E-state index in [2.05, 4.69) is 0 Å². The van der Waals surface area contributed by atoms with Crippen LogP contribution >= 0.6 is 14.3 Å². The summed E-state index contributed by atoms with van der Waals surface area (Å²) in [5, 5.41) is 43.3. The first-order chi connectivity index (χ1) is 7.00. The first kappa shape index (κ1) is 9.19. The topological polar surface area (TPSA) is 156 Å². The molecule has 8 aliphatic rings. The summed E-state index contributed by atoms with van der Waals surface area (Å²) in [6.07, 6.45) is 0. The first-order valence-electron chi connectivity index (χ1n) is 4.55. The summed E-state index contributed by atoms with van der Waals surface area (Å²) in [4.78, 5) is 0. The van der Waals surface area contributed by atoms with Crippen LogP contribution in [0.2, 0.25) is 0 Å². The van der Waals surface area contributed by atoms with Gasteiger partial charge in [-0.3, -0.25) is 0 Å².